The number of hydrogen-bond donors (Lipinski definition) is 2. The predicted octanol–water partition coefficient (Wildman–Crippen LogP) is 2.74. The summed E-state index contributed by atoms with van der Waals surface area (Å²) in [5.74, 6) is 0. The lowest BCUT2D eigenvalue weighted by molar-refractivity contribution is 0.369. The van der Waals surface area contributed by atoms with Crippen LogP contribution >= 0.6 is 0 Å². The van der Waals surface area contributed by atoms with Crippen LogP contribution in [0.3, 0.4) is 0 Å². The van der Waals surface area contributed by atoms with E-state index < -0.39 is 0 Å². The molecule has 2 nitrogen and oxygen atoms in total. The predicted molar refractivity (Wildman–Crippen MR) is 73.1 cm³/mol. The molecule has 0 spiro atoms. The molecule has 1 aromatic rings. The van der Waals surface area contributed by atoms with Gasteiger partial charge in [0, 0.05) is 12.1 Å². The molecule has 1 saturated heterocycles. The van der Waals surface area contributed by atoms with Crippen LogP contribution in [0.5, 0.6) is 0 Å². The number of rotatable bonds is 1. The molecular formula is C15H24N2. The van der Waals surface area contributed by atoms with Crippen molar-refractivity contribution in [2.24, 2.45) is 5.73 Å². The molecule has 1 aliphatic heterocycles. The fourth-order valence-electron chi connectivity index (χ4n) is 2.42. The normalized spacial score (nSPS) is 25.9. The molecule has 0 aromatic heterocycles. The Balaban J connectivity index is 2.12. The summed E-state index contributed by atoms with van der Waals surface area (Å²) in [5, 5.41) is 3.54. The highest BCUT2D eigenvalue weighted by molar-refractivity contribution is 5.29. The van der Waals surface area contributed by atoms with Crippen LogP contribution in [0.15, 0.2) is 24.3 Å². The van der Waals surface area contributed by atoms with Crippen molar-refractivity contribution in [1.82, 2.24) is 5.32 Å². The second-order valence-electron chi connectivity index (χ2n) is 6.16. The van der Waals surface area contributed by atoms with Gasteiger partial charge < -0.3 is 11.1 Å². The molecular weight excluding hydrogens is 208 g/mol. The Morgan fingerprint density at radius 3 is 2.35 bits per heavy atom. The van der Waals surface area contributed by atoms with E-state index in [2.05, 4.69) is 50.4 Å². The van der Waals surface area contributed by atoms with Crippen LogP contribution in [0.2, 0.25) is 0 Å². The molecule has 2 unspecified atom stereocenters. The summed E-state index contributed by atoms with van der Waals surface area (Å²) >= 11 is 0. The molecule has 0 amide bonds. The standard InChI is InChI=1S/C15H24N2/c1-15(2,3)12-6-4-11(5-7-12)14-10-13(16)8-9-17-14/h4-7,13-14,17H,8-10,16H2,1-3H3. The summed E-state index contributed by atoms with van der Waals surface area (Å²) in [5.41, 5.74) is 9.01. The van der Waals surface area contributed by atoms with Gasteiger partial charge in [0.25, 0.3) is 0 Å². The summed E-state index contributed by atoms with van der Waals surface area (Å²) < 4.78 is 0. The zero-order chi connectivity index (χ0) is 12.5. The van der Waals surface area contributed by atoms with Gasteiger partial charge in [-0.25, -0.2) is 0 Å². The zero-order valence-corrected chi connectivity index (χ0v) is 11.2. The quantitative estimate of drug-likeness (QED) is 0.781. The molecule has 3 N–H and O–H groups in total. The molecule has 0 bridgehead atoms. The number of nitrogens with two attached hydrogens (primary N) is 1. The van der Waals surface area contributed by atoms with Gasteiger partial charge in [-0.3, -0.25) is 0 Å². The molecule has 0 aliphatic carbocycles. The maximum absolute atomic E-state index is 6.02. The largest absolute Gasteiger partial charge is 0.328 e. The molecule has 1 aromatic carbocycles. The lowest BCUT2D eigenvalue weighted by Crippen LogP contribution is -2.38. The van der Waals surface area contributed by atoms with E-state index in [0.29, 0.717) is 12.1 Å². The molecule has 1 heterocycles. The minimum atomic E-state index is 0.231. The maximum Gasteiger partial charge on any atom is 0.0334 e. The minimum Gasteiger partial charge on any atom is -0.328 e. The number of benzene rings is 1. The van der Waals surface area contributed by atoms with Gasteiger partial charge in [0.15, 0.2) is 0 Å². The van der Waals surface area contributed by atoms with Gasteiger partial charge >= 0.3 is 0 Å². The first-order valence-corrected chi connectivity index (χ1v) is 6.56. The van der Waals surface area contributed by atoms with E-state index in [0.717, 1.165) is 19.4 Å². The minimum absolute atomic E-state index is 0.231. The van der Waals surface area contributed by atoms with Gasteiger partial charge in [-0.2, -0.15) is 0 Å². The Morgan fingerprint density at radius 1 is 1.18 bits per heavy atom. The SMILES string of the molecule is CC(C)(C)c1ccc(C2CC(N)CCN2)cc1. The summed E-state index contributed by atoms with van der Waals surface area (Å²) in [7, 11) is 0. The lowest BCUT2D eigenvalue weighted by Gasteiger charge is -2.29. The van der Waals surface area contributed by atoms with E-state index in [4.69, 9.17) is 5.73 Å². The van der Waals surface area contributed by atoms with Crippen molar-refractivity contribution >= 4 is 0 Å². The average Bonchev–Trinajstić information content (AvgIpc) is 2.28. The molecule has 1 fully saturated rings. The fraction of sp³-hybridized carbons (Fsp3) is 0.600. The van der Waals surface area contributed by atoms with Gasteiger partial charge in [-0.15, -0.1) is 0 Å². The lowest BCUT2D eigenvalue weighted by atomic mass is 9.85. The van der Waals surface area contributed by atoms with Crippen LogP contribution in [0, 0.1) is 0 Å². The monoisotopic (exact) mass is 232 g/mol. The van der Waals surface area contributed by atoms with Crippen LogP contribution < -0.4 is 11.1 Å². The highest BCUT2D eigenvalue weighted by Crippen LogP contribution is 2.26. The molecule has 94 valence electrons. The Bertz CT molecular complexity index is 362. The van der Waals surface area contributed by atoms with Crippen molar-refractivity contribution in [2.45, 2.75) is 51.1 Å². The Kier molecular flexibility index (Phi) is 3.55. The van der Waals surface area contributed by atoms with Crippen LogP contribution in [0.25, 0.3) is 0 Å². The van der Waals surface area contributed by atoms with Crippen molar-refractivity contribution in [3.05, 3.63) is 35.4 Å². The van der Waals surface area contributed by atoms with E-state index in [1.165, 1.54) is 11.1 Å². The van der Waals surface area contributed by atoms with Crippen LogP contribution in [-0.4, -0.2) is 12.6 Å². The first-order valence-electron chi connectivity index (χ1n) is 6.56. The van der Waals surface area contributed by atoms with E-state index in [9.17, 15) is 0 Å². The summed E-state index contributed by atoms with van der Waals surface area (Å²) in [6.07, 6.45) is 2.14. The van der Waals surface area contributed by atoms with Crippen molar-refractivity contribution in [1.29, 1.82) is 0 Å². The van der Waals surface area contributed by atoms with Crippen LogP contribution in [-0.2, 0) is 5.41 Å². The highest BCUT2D eigenvalue weighted by Gasteiger charge is 2.20. The third kappa shape index (κ3) is 3.08. The van der Waals surface area contributed by atoms with Crippen LogP contribution in [0.1, 0.15) is 50.8 Å². The number of piperidine rings is 1. The van der Waals surface area contributed by atoms with E-state index in [1.54, 1.807) is 0 Å². The van der Waals surface area contributed by atoms with Gasteiger partial charge in [-0.05, 0) is 35.9 Å². The van der Waals surface area contributed by atoms with Crippen molar-refractivity contribution in [3.63, 3.8) is 0 Å². The number of hydrogen-bond acceptors (Lipinski definition) is 2. The molecule has 0 saturated carbocycles. The first-order chi connectivity index (χ1) is 7.97. The summed E-state index contributed by atoms with van der Waals surface area (Å²) in [6.45, 7) is 7.77. The van der Waals surface area contributed by atoms with Gasteiger partial charge in [0.2, 0.25) is 0 Å². The average molecular weight is 232 g/mol. The van der Waals surface area contributed by atoms with Crippen molar-refractivity contribution in [3.8, 4) is 0 Å². The molecule has 1 aliphatic rings. The van der Waals surface area contributed by atoms with Gasteiger partial charge in [0.1, 0.15) is 0 Å². The first kappa shape index (κ1) is 12.6. The highest BCUT2D eigenvalue weighted by atomic mass is 14.9. The molecule has 17 heavy (non-hydrogen) atoms. The fourth-order valence-corrected chi connectivity index (χ4v) is 2.42. The summed E-state index contributed by atoms with van der Waals surface area (Å²) in [4.78, 5) is 0. The maximum atomic E-state index is 6.02. The Labute approximate surface area is 105 Å². The van der Waals surface area contributed by atoms with E-state index in [-0.39, 0.29) is 5.41 Å². The third-order valence-corrected chi connectivity index (χ3v) is 3.62. The summed E-state index contributed by atoms with van der Waals surface area (Å²) in [6, 6.07) is 9.78. The van der Waals surface area contributed by atoms with Gasteiger partial charge in [-0.1, -0.05) is 45.0 Å². The second-order valence-corrected chi connectivity index (χ2v) is 6.16. The third-order valence-electron chi connectivity index (χ3n) is 3.62. The topological polar surface area (TPSA) is 38.0 Å². The van der Waals surface area contributed by atoms with Crippen LogP contribution in [0.4, 0.5) is 0 Å². The number of nitrogens with one attached hydrogen (secondary N) is 1. The smallest absolute Gasteiger partial charge is 0.0334 e. The zero-order valence-electron chi connectivity index (χ0n) is 11.2. The Hall–Kier alpha value is -0.860. The molecule has 2 atom stereocenters. The van der Waals surface area contributed by atoms with E-state index >= 15 is 0 Å². The molecule has 0 radical (unpaired) electrons. The second kappa shape index (κ2) is 4.79. The van der Waals surface area contributed by atoms with Gasteiger partial charge in [0.05, 0.1) is 0 Å². The molecule has 2 rings (SSSR count). The Morgan fingerprint density at radius 2 is 1.82 bits per heavy atom. The van der Waals surface area contributed by atoms with Crippen molar-refractivity contribution < 1.29 is 0 Å². The van der Waals surface area contributed by atoms with Crippen molar-refractivity contribution in [2.75, 3.05) is 6.54 Å². The van der Waals surface area contributed by atoms with E-state index in [1.807, 2.05) is 0 Å². The molecule has 2 heteroatoms.